The van der Waals surface area contributed by atoms with Gasteiger partial charge in [-0.3, -0.25) is 4.79 Å². The molecule has 0 aliphatic carbocycles. The average molecular weight is 219 g/mol. The minimum absolute atomic E-state index is 0.0723. The Bertz CT molecular complexity index is 390. The lowest BCUT2D eigenvalue weighted by Gasteiger charge is -2.06. The fourth-order valence-electron chi connectivity index (χ4n) is 1.11. The highest BCUT2D eigenvalue weighted by Crippen LogP contribution is 2.32. The van der Waals surface area contributed by atoms with E-state index in [4.69, 9.17) is 16.7 Å². The Labute approximate surface area is 84.7 Å². The fourth-order valence-corrected chi connectivity index (χ4v) is 1.25. The van der Waals surface area contributed by atoms with Gasteiger partial charge in [0.25, 0.3) is 0 Å². The van der Waals surface area contributed by atoms with Gasteiger partial charge >= 0.3 is 5.97 Å². The van der Waals surface area contributed by atoms with Crippen LogP contribution in [0.5, 0.6) is 5.75 Å². The van der Waals surface area contributed by atoms with Gasteiger partial charge in [0, 0.05) is 5.56 Å². The highest BCUT2D eigenvalue weighted by molar-refractivity contribution is 6.32. The normalized spacial score (nSPS) is 10.2. The Morgan fingerprint density at radius 3 is 2.71 bits per heavy atom. The van der Waals surface area contributed by atoms with Gasteiger partial charge < -0.3 is 10.2 Å². The molecule has 0 bridgehead atoms. The molecule has 1 rings (SSSR count). The number of halogens is 2. The number of hydrogen-bond acceptors (Lipinski definition) is 2. The largest absolute Gasteiger partial charge is 0.504 e. The second-order valence-electron chi connectivity index (χ2n) is 2.90. The quantitative estimate of drug-likeness (QED) is 0.800. The first kappa shape index (κ1) is 10.8. The summed E-state index contributed by atoms with van der Waals surface area (Å²) in [7, 11) is 0. The zero-order valence-corrected chi connectivity index (χ0v) is 8.10. The zero-order chi connectivity index (χ0) is 10.9. The number of carboxylic acids is 1. The first-order valence-electron chi connectivity index (χ1n) is 3.81. The SMILES string of the molecule is Cc1cc(CC(=O)O)c(F)c(O)c1Cl. The Morgan fingerprint density at radius 2 is 2.21 bits per heavy atom. The van der Waals surface area contributed by atoms with Gasteiger partial charge in [-0.05, 0) is 12.5 Å². The lowest BCUT2D eigenvalue weighted by Crippen LogP contribution is -2.03. The zero-order valence-electron chi connectivity index (χ0n) is 7.34. The minimum Gasteiger partial charge on any atom is -0.504 e. The van der Waals surface area contributed by atoms with Crippen LogP contribution in [-0.4, -0.2) is 16.2 Å². The van der Waals surface area contributed by atoms with E-state index in [-0.39, 0.29) is 10.6 Å². The van der Waals surface area contributed by atoms with Crippen molar-refractivity contribution >= 4 is 17.6 Å². The van der Waals surface area contributed by atoms with Crippen LogP contribution in [0.25, 0.3) is 0 Å². The summed E-state index contributed by atoms with van der Waals surface area (Å²) in [6, 6.07) is 1.31. The van der Waals surface area contributed by atoms with Crippen molar-refractivity contribution in [3.8, 4) is 5.75 Å². The number of aliphatic carboxylic acids is 1. The average Bonchev–Trinajstić information content (AvgIpc) is 2.10. The van der Waals surface area contributed by atoms with Crippen LogP contribution in [0, 0.1) is 12.7 Å². The predicted octanol–water partition coefficient (Wildman–Crippen LogP) is 2.12. The molecule has 0 heterocycles. The molecule has 0 fully saturated rings. The van der Waals surface area contributed by atoms with Crippen molar-refractivity contribution in [2.75, 3.05) is 0 Å². The Hall–Kier alpha value is -1.29. The van der Waals surface area contributed by atoms with E-state index in [1.807, 2.05) is 0 Å². The summed E-state index contributed by atoms with van der Waals surface area (Å²) in [4.78, 5) is 10.3. The van der Waals surface area contributed by atoms with Gasteiger partial charge in [0.2, 0.25) is 0 Å². The smallest absolute Gasteiger partial charge is 0.307 e. The van der Waals surface area contributed by atoms with Gasteiger partial charge in [-0.2, -0.15) is 0 Å². The molecule has 0 saturated carbocycles. The topological polar surface area (TPSA) is 57.5 Å². The van der Waals surface area contributed by atoms with E-state index >= 15 is 0 Å². The van der Waals surface area contributed by atoms with Crippen LogP contribution in [0.1, 0.15) is 11.1 Å². The van der Waals surface area contributed by atoms with E-state index in [1.165, 1.54) is 6.07 Å². The second kappa shape index (κ2) is 3.84. The minimum atomic E-state index is -1.16. The Balaban J connectivity index is 3.25. The molecule has 0 aromatic heterocycles. The number of carboxylic acid groups (broad SMARTS) is 1. The summed E-state index contributed by atoms with van der Waals surface area (Å²) in [6.45, 7) is 1.56. The number of carbonyl (C=O) groups is 1. The standard InChI is InChI=1S/C9H8ClFO3/c1-4-2-5(3-6(12)13)8(11)9(14)7(4)10/h2,14H,3H2,1H3,(H,12,13). The maximum atomic E-state index is 13.2. The highest BCUT2D eigenvalue weighted by atomic mass is 35.5. The Kier molecular flexibility index (Phi) is 2.96. The van der Waals surface area contributed by atoms with Gasteiger partial charge in [0.1, 0.15) is 0 Å². The molecule has 0 unspecified atom stereocenters. The van der Waals surface area contributed by atoms with Gasteiger partial charge in [-0.25, -0.2) is 4.39 Å². The lowest BCUT2D eigenvalue weighted by molar-refractivity contribution is -0.136. The number of benzene rings is 1. The van der Waals surface area contributed by atoms with E-state index in [9.17, 15) is 14.3 Å². The van der Waals surface area contributed by atoms with E-state index in [2.05, 4.69) is 0 Å². The summed E-state index contributed by atoms with van der Waals surface area (Å²) in [6.07, 6.45) is -0.475. The molecule has 76 valence electrons. The van der Waals surface area contributed by atoms with Crippen LogP contribution in [0.4, 0.5) is 4.39 Å². The third-order valence-corrected chi connectivity index (χ3v) is 2.25. The van der Waals surface area contributed by atoms with Crippen LogP contribution in [-0.2, 0) is 11.2 Å². The van der Waals surface area contributed by atoms with Gasteiger partial charge in [0.15, 0.2) is 11.6 Å². The molecule has 0 radical (unpaired) electrons. The molecule has 0 spiro atoms. The summed E-state index contributed by atoms with van der Waals surface area (Å²) in [5.41, 5.74) is 0.374. The van der Waals surface area contributed by atoms with E-state index in [0.717, 1.165) is 0 Å². The monoisotopic (exact) mass is 218 g/mol. The van der Waals surface area contributed by atoms with Crippen LogP contribution < -0.4 is 0 Å². The van der Waals surface area contributed by atoms with Crippen LogP contribution in [0.3, 0.4) is 0 Å². The molecule has 0 aliphatic heterocycles. The van der Waals surface area contributed by atoms with E-state index in [1.54, 1.807) is 6.92 Å². The molecule has 1 aromatic rings. The number of rotatable bonds is 2. The van der Waals surface area contributed by atoms with Crippen molar-refractivity contribution < 1.29 is 19.4 Å². The van der Waals surface area contributed by atoms with Crippen molar-refractivity contribution in [1.29, 1.82) is 0 Å². The summed E-state index contributed by atoms with van der Waals surface area (Å²) in [5.74, 6) is -2.82. The Morgan fingerprint density at radius 1 is 1.64 bits per heavy atom. The predicted molar refractivity (Wildman–Crippen MR) is 49.2 cm³/mol. The molecular weight excluding hydrogens is 211 g/mol. The van der Waals surface area contributed by atoms with Crippen molar-refractivity contribution in [2.45, 2.75) is 13.3 Å². The number of aromatic hydroxyl groups is 1. The van der Waals surface area contributed by atoms with Crippen molar-refractivity contribution in [3.63, 3.8) is 0 Å². The van der Waals surface area contributed by atoms with Gasteiger partial charge in [-0.15, -0.1) is 0 Å². The molecule has 0 saturated heterocycles. The third kappa shape index (κ3) is 1.96. The maximum Gasteiger partial charge on any atom is 0.307 e. The first-order chi connectivity index (χ1) is 6.43. The maximum absolute atomic E-state index is 13.2. The number of hydrogen-bond donors (Lipinski definition) is 2. The molecule has 1 aromatic carbocycles. The molecular formula is C9H8ClFO3. The molecule has 0 aliphatic rings. The third-order valence-electron chi connectivity index (χ3n) is 1.78. The molecule has 2 N–H and O–H groups in total. The van der Waals surface area contributed by atoms with Crippen molar-refractivity contribution in [1.82, 2.24) is 0 Å². The van der Waals surface area contributed by atoms with Crippen molar-refractivity contribution in [3.05, 3.63) is 28.0 Å². The van der Waals surface area contributed by atoms with Gasteiger partial charge in [-0.1, -0.05) is 17.7 Å². The first-order valence-corrected chi connectivity index (χ1v) is 4.19. The molecule has 0 atom stereocenters. The molecule has 14 heavy (non-hydrogen) atoms. The van der Waals surface area contributed by atoms with Crippen molar-refractivity contribution in [2.24, 2.45) is 0 Å². The molecule has 0 amide bonds. The molecule has 5 heteroatoms. The summed E-state index contributed by atoms with van der Waals surface area (Å²) < 4.78 is 13.2. The number of aryl methyl sites for hydroxylation is 1. The second-order valence-corrected chi connectivity index (χ2v) is 3.28. The van der Waals surface area contributed by atoms with E-state index < -0.39 is 24.0 Å². The number of phenolic OH excluding ortho intramolecular Hbond substituents is 1. The van der Waals surface area contributed by atoms with Crippen LogP contribution in [0.15, 0.2) is 6.07 Å². The molecule has 3 nitrogen and oxygen atoms in total. The van der Waals surface area contributed by atoms with Crippen LogP contribution in [0.2, 0.25) is 5.02 Å². The van der Waals surface area contributed by atoms with E-state index in [0.29, 0.717) is 5.56 Å². The fraction of sp³-hybridized carbons (Fsp3) is 0.222. The van der Waals surface area contributed by atoms with Gasteiger partial charge in [0.05, 0.1) is 11.4 Å². The van der Waals surface area contributed by atoms with Crippen LogP contribution >= 0.6 is 11.6 Å². The highest BCUT2D eigenvalue weighted by Gasteiger charge is 2.15. The summed E-state index contributed by atoms with van der Waals surface area (Å²) in [5, 5.41) is 17.6. The summed E-state index contributed by atoms with van der Waals surface area (Å²) >= 11 is 5.55. The number of phenols is 1. The lowest BCUT2D eigenvalue weighted by atomic mass is 10.1.